The molecule has 0 aromatic rings. The van der Waals surface area contributed by atoms with Crippen molar-refractivity contribution in [2.45, 2.75) is 46.0 Å². The third-order valence-corrected chi connectivity index (χ3v) is 2.57. The fourth-order valence-electron chi connectivity index (χ4n) is 1.55. The molecule has 0 aromatic carbocycles. The molecule has 0 radical (unpaired) electrons. The maximum absolute atomic E-state index is 5.43. The van der Waals surface area contributed by atoms with E-state index < -0.39 is 0 Å². The van der Waals surface area contributed by atoms with Gasteiger partial charge in [0.25, 0.3) is 0 Å². The van der Waals surface area contributed by atoms with E-state index in [4.69, 9.17) is 5.73 Å². The SMILES string of the molecule is CCN(CC)CCCCCCCN. The molecule has 0 unspecified atom stereocenters. The summed E-state index contributed by atoms with van der Waals surface area (Å²) < 4.78 is 0. The maximum Gasteiger partial charge on any atom is -0.00190 e. The molecule has 0 aliphatic heterocycles. The third-order valence-electron chi connectivity index (χ3n) is 2.57. The standard InChI is InChI=1S/C11H26N2/c1-3-13(4-2)11-9-7-5-6-8-10-12/h3-12H2,1-2H3. The number of hydrogen-bond acceptors (Lipinski definition) is 2. The molecule has 0 atom stereocenters. The van der Waals surface area contributed by atoms with Crippen LogP contribution in [-0.4, -0.2) is 31.1 Å². The van der Waals surface area contributed by atoms with Gasteiger partial charge in [-0.05, 0) is 39.0 Å². The lowest BCUT2D eigenvalue weighted by Crippen LogP contribution is -2.23. The summed E-state index contributed by atoms with van der Waals surface area (Å²) in [5.41, 5.74) is 5.43. The molecule has 13 heavy (non-hydrogen) atoms. The van der Waals surface area contributed by atoms with Gasteiger partial charge in [0.15, 0.2) is 0 Å². The molecule has 0 heterocycles. The van der Waals surface area contributed by atoms with Crippen LogP contribution in [-0.2, 0) is 0 Å². The van der Waals surface area contributed by atoms with Gasteiger partial charge in [-0.2, -0.15) is 0 Å². The molecule has 0 spiro atoms. The van der Waals surface area contributed by atoms with E-state index in [0.29, 0.717) is 0 Å². The molecule has 0 fully saturated rings. The largest absolute Gasteiger partial charge is 0.330 e. The van der Waals surface area contributed by atoms with Crippen molar-refractivity contribution in [2.75, 3.05) is 26.2 Å². The van der Waals surface area contributed by atoms with Gasteiger partial charge in [-0.25, -0.2) is 0 Å². The van der Waals surface area contributed by atoms with E-state index in [1.54, 1.807) is 0 Å². The van der Waals surface area contributed by atoms with Crippen LogP contribution in [0.3, 0.4) is 0 Å². The molecule has 80 valence electrons. The molecule has 2 nitrogen and oxygen atoms in total. The van der Waals surface area contributed by atoms with Crippen molar-refractivity contribution in [1.29, 1.82) is 0 Å². The quantitative estimate of drug-likeness (QED) is 0.560. The zero-order chi connectivity index (χ0) is 9.94. The van der Waals surface area contributed by atoms with Crippen LogP contribution in [0, 0.1) is 0 Å². The Balaban J connectivity index is 3.05. The van der Waals surface area contributed by atoms with Gasteiger partial charge in [0.1, 0.15) is 0 Å². The lowest BCUT2D eigenvalue weighted by Gasteiger charge is -2.17. The Morgan fingerprint density at radius 2 is 1.38 bits per heavy atom. The van der Waals surface area contributed by atoms with Gasteiger partial charge in [0, 0.05) is 0 Å². The summed E-state index contributed by atoms with van der Waals surface area (Å²) in [6, 6.07) is 0. The van der Waals surface area contributed by atoms with Gasteiger partial charge >= 0.3 is 0 Å². The van der Waals surface area contributed by atoms with Crippen LogP contribution >= 0.6 is 0 Å². The second kappa shape index (κ2) is 10.0. The molecule has 0 rings (SSSR count). The highest BCUT2D eigenvalue weighted by atomic mass is 15.1. The van der Waals surface area contributed by atoms with Crippen LogP contribution in [0.25, 0.3) is 0 Å². The monoisotopic (exact) mass is 186 g/mol. The molecule has 0 amide bonds. The van der Waals surface area contributed by atoms with Crippen LogP contribution in [0.4, 0.5) is 0 Å². The number of unbranched alkanes of at least 4 members (excludes halogenated alkanes) is 4. The average molecular weight is 186 g/mol. The van der Waals surface area contributed by atoms with Gasteiger partial charge in [0.05, 0.1) is 0 Å². The molecule has 2 N–H and O–H groups in total. The highest BCUT2D eigenvalue weighted by molar-refractivity contribution is 4.53. The maximum atomic E-state index is 5.43. The van der Waals surface area contributed by atoms with E-state index in [9.17, 15) is 0 Å². The number of nitrogens with two attached hydrogens (primary N) is 1. The van der Waals surface area contributed by atoms with Crippen molar-refractivity contribution in [3.05, 3.63) is 0 Å². The Labute approximate surface area is 83.5 Å². The van der Waals surface area contributed by atoms with E-state index in [1.165, 1.54) is 51.7 Å². The minimum absolute atomic E-state index is 0.857. The summed E-state index contributed by atoms with van der Waals surface area (Å²) in [5.74, 6) is 0. The second-order valence-electron chi connectivity index (χ2n) is 3.58. The molecule has 0 aromatic heterocycles. The smallest absolute Gasteiger partial charge is 0.00190 e. The molecule has 0 bridgehead atoms. The Morgan fingerprint density at radius 3 is 1.92 bits per heavy atom. The van der Waals surface area contributed by atoms with Crippen molar-refractivity contribution in [1.82, 2.24) is 4.90 Å². The Morgan fingerprint density at radius 1 is 0.846 bits per heavy atom. The number of hydrogen-bond donors (Lipinski definition) is 1. The van der Waals surface area contributed by atoms with E-state index in [2.05, 4.69) is 18.7 Å². The summed E-state index contributed by atoms with van der Waals surface area (Å²) >= 11 is 0. The van der Waals surface area contributed by atoms with Gasteiger partial charge in [-0.15, -0.1) is 0 Å². The van der Waals surface area contributed by atoms with Gasteiger partial charge in [0.2, 0.25) is 0 Å². The lowest BCUT2D eigenvalue weighted by atomic mass is 10.1. The zero-order valence-corrected chi connectivity index (χ0v) is 9.39. The zero-order valence-electron chi connectivity index (χ0n) is 9.39. The normalized spacial score (nSPS) is 11.1. The van der Waals surface area contributed by atoms with E-state index in [0.717, 1.165) is 6.54 Å². The van der Waals surface area contributed by atoms with Crippen molar-refractivity contribution in [3.63, 3.8) is 0 Å². The Hall–Kier alpha value is -0.0800. The first-order valence-electron chi connectivity index (χ1n) is 5.77. The minimum atomic E-state index is 0.857. The summed E-state index contributed by atoms with van der Waals surface area (Å²) in [6.45, 7) is 8.99. The van der Waals surface area contributed by atoms with Crippen LogP contribution < -0.4 is 5.73 Å². The summed E-state index contributed by atoms with van der Waals surface area (Å²) in [5, 5.41) is 0. The van der Waals surface area contributed by atoms with Gasteiger partial charge in [-0.3, -0.25) is 0 Å². The van der Waals surface area contributed by atoms with Crippen LogP contribution in [0.2, 0.25) is 0 Å². The lowest BCUT2D eigenvalue weighted by molar-refractivity contribution is 0.295. The summed E-state index contributed by atoms with van der Waals surface area (Å²) in [4.78, 5) is 2.49. The number of rotatable bonds is 9. The molecular weight excluding hydrogens is 160 g/mol. The van der Waals surface area contributed by atoms with Crippen LogP contribution in [0.5, 0.6) is 0 Å². The van der Waals surface area contributed by atoms with E-state index in [-0.39, 0.29) is 0 Å². The molecule has 0 saturated carbocycles. The average Bonchev–Trinajstić information content (AvgIpc) is 2.17. The summed E-state index contributed by atoms with van der Waals surface area (Å²) in [7, 11) is 0. The predicted molar refractivity (Wildman–Crippen MR) is 59.9 cm³/mol. The molecule has 0 aliphatic carbocycles. The van der Waals surface area contributed by atoms with Crippen molar-refractivity contribution in [2.24, 2.45) is 5.73 Å². The van der Waals surface area contributed by atoms with Crippen LogP contribution in [0.15, 0.2) is 0 Å². The van der Waals surface area contributed by atoms with Crippen molar-refractivity contribution in [3.8, 4) is 0 Å². The Bertz CT molecular complexity index is 90.1. The predicted octanol–water partition coefficient (Wildman–Crippen LogP) is 2.24. The van der Waals surface area contributed by atoms with Crippen LogP contribution in [0.1, 0.15) is 46.0 Å². The van der Waals surface area contributed by atoms with E-state index >= 15 is 0 Å². The Kier molecular flexibility index (Phi) is 9.94. The molecule has 0 saturated heterocycles. The first-order valence-corrected chi connectivity index (χ1v) is 5.77. The van der Waals surface area contributed by atoms with Crippen molar-refractivity contribution >= 4 is 0 Å². The third kappa shape index (κ3) is 8.26. The second-order valence-corrected chi connectivity index (χ2v) is 3.58. The highest BCUT2D eigenvalue weighted by Gasteiger charge is 1.97. The molecule has 0 aliphatic rings. The fraction of sp³-hybridized carbons (Fsp3) is 1.00. The van der Waals surface area contributed by atoms with Gasteiger partial charge in [-0.1, -0.05) is 33.1 Å². The molecule has 2 heteroatoms. The first-order chi connectivity index (χ1) is 6.35. The first kappa shape index (κ1) is 12.9. The molecular formula is C11H26N2. The number of nitrogens with zero attached hydrogens (tertiary/aromatic N) is 1. The van der Waals surface area contributed by atoms with Gasteiger partial charge < -0.3 is 10.6 Å². The van der Waals surface area contributed by atoms with E-state index in [1.807, 2.05) is 0 Å². The fourth-order valence-corrected chi connectivity index (χ4v) is 1.55. The summed E-state index contributed by atoms with van der Waals surface area (Å²) in [6.07, 6.45) is 6.60. The minimum Gasteiger partial charge on any atom is -0.330 e. The topological polar surface area (TPSA) is 29.3 Å². The highest BCUT2D eigenvalue weighted by Crippen LogP contribution is 2.03. The van der Waals surface area contributed by atoms with Crippen molar-refractivity contribution < 1.29 is 0 Å².